The molecular weight excluding hydrogens is 332 g/mol. The van der Waals surface area contributed by atoms with E-state index in [4.69, 9.17) is 4.98 Å². The van der Waals surface area contributed by atoms with Gasteiger partial charge in [0.1, 0.15) is 10.7 Å². The molecule has 1 amide bonds. The first-order valence-electron chi connectivity index (χ1n) is 8.85. The molecule has 1 aliphatic heterocycles. The fourth-order valence-corrected chi connectivity index (χ4v) is 3.95. The molecule has 0 aromatic carbocycles. The Morgan fingerprint density at radius 1 is 1.16 bits per heavy atom. The first-order valence-corrected chi connectivity index (χ1v) is 9.73. The molecule has 2 aromatic rings. The van der Waals surface area contributed by atoms with Crippen LogP contribution in [-0.2, 0) is 4.79 Å². The van der Waals surface area contributed by atoms with E-state index in [1.165, 1.54) is 0 Å². The van der Waals surface area contributed by atoms with E-state index in [9.17, 15) is 4.79 Å². The topological polar surface area (TPSA) is 59.0 Å². The van der Waals surface area contributed by atoms with E-state index in [0.29, 0.717) is 0 Å². The van der Waals surface area contributed by atoms with Crippen molar-refractivity contribution >= 4 is 17.2 Å². The normalized spacial score (nSPS) is 18.4. The summed E-state index contributed by atoms with van der Waals surface area (Å²) in [4.78, 5) is 28.9. The summed E-state index contributed by atoms with van der Waals surface area (Å²) in [6.07, 6.45) is 3.06. The fourth-order valence-electron chi connectivity index (χ4n) is 3.20. The Kier molecular flexibility index (Phi) is 4.91. The van der Waals surface area contributed by atoms with E-state index in [1.54, 1.807) is 11.3 Å². The van der Waals surface area contributed by atoms with E-state index in [0.717, 1.165) is 53.7 Å². The Bertz CT molecular complexity index is 778. The quantitative estimate of drug-likeness (QED) is 0.802. The number of rotatable bonds is 2. The third-order valence-corrected chi connectivity index (χ3v) is 5.40. The maximum absolute atomic E-state index is 12.9. The number of aromatic nitrogens is 3. The highest BCUT2D eigenvalue weighted by Crippen LogP contribution is 2.34. The predicted molar refractivity (Wildman–Crippen MR) is 100 cm³/mol. The molecule has 6 heteroatoms. The van der Waals surface area contributed by atoms with Crippen LogP contribution in [0.3, 0.4) is 0 Å². The second-order valence-corrected chi connectivity index (χ2v) is 8.67. The molecule has 1 saturated heterocycles. The van der Waals surface area contributed by atoms with Crippen molar-refractivity contribution < 1.29 is 4.79 Å². The summed E-state index contributed by atoms with van der Waals surface area (Å²) in [6, 6.07) is 1.93. The molecule has 25 heavy (non-hydrogen) atoms. The Morgan fingerprint density at radius 2 is 1.92 bits per heavy atom. The summed E-state index contributed by atoms with van der Waals surface area (Å²) < 4.78 is 0. The van der Waals surface area contributed by atoms with Crippen molar-refractivity contribution in [2.75, 3.05) is 6.54 Å². The van der Waals surface area contributed by atoms with Crippen molar-refractivity contribution in [2.45, 2.75) is 59.9 Å². The average molecular weight is 359 g/mol. The van der Waals surface area contributed by atoms with Gasteiger partial charge in [0.25, 0.3) is 0 Å². The number of nitrogens with zero attached hydrogens (tertiary/aromatic N) is 4. The second kappa shape index (κ2) is 6.83. The SMILES string of the molecule is Cc1cc(-c2nc(C)cs2)nc(C2CCCCN2C(=O)C(C)(C)C)n1. The molecule has 134 valence electrons. The number of carbonyl (C=O) groups is 1. The molecule has 1 atom stereocenters. The van der Waals surface area contributed by atoms with E-state index < -0.39 is 5.41 Å². The van der Waals surface area contributed by atoms with Crippen LogP contribution < -0.4 is 0 Å². The molecule has 1 unspecified atom stereocenters. The Labute approximate surface area is 153 Å². The van der Waals surface area contributed by atoms with Crippen molar-refractivity contribution in [3.63, 3.8) is 0 Å². The highest BCUT2D eigenvalue weighted by atomic mass is 32.1. The lowest BCUT2D eigenvalue weighted by molar-refractivity contribution is -0.143. The number of aryl methyl sites for hydroxylation is 2. The highest BCUT2D eigenvalue weighted by Gasteiger charge is 2.35. The van der Waals surface area contributed by atoms with Gasteiger partial charge in [-0.25, -0.2) is 15.0 Å². The van der Waals surface area contributed by atoms with E-state index in [-0.39, 0.29) is 11.9 Å². The van der Waals surface area contributed by atoms with Crippen LogP contribution in [-0.4, -0.2) is 32.3 Å². The minimum atomic E-state index is -0.394. The van der Waals surface area contributed by atoms with Gasteiger partial charge in [-0.2, -0.15) is 0 Å². The highest BCUT2D eigenvalue weighted by molar-refractivity contribution is 7.13. The van der Waals surface area contributed by atoms with Crippen LogP contribution in [0.25, 0.3) is 10.7 Å². The minimum Gasteiger partial charge on any atom is -0.332 e. The van der Waals surface area contributed by atoms with Gasteiger partial charge in [-0.05, 0) is 39.2 Å². The van der Waals surface area contributed by atoms with Crippen LogP contribution in [0.1, 0.15) is 63.3 Å². The molecular formula is C19H26N4OS. The molecule has 0 saturated carbocycles. The van der Waals surface area contributed by atoms with Crippen molar-refractivity contribution in [3.05, 3.63) is 28.7 Å². The van der Waals surface area contributed by atoms with Gasteiger partial charge in [-0.1, -0.05) is 20.8 Å². The summed E-state index contributed by atoms with van der Waals surface area (Å²) in [5.41, 5.74) is 2.38. The largest absolute Gasteiger partial charge is 0.332 e. The summed E-state index contributed by atoms with van der Waals surface area (Å²) in [6.45, 7) is 10.7. The van der Waals surface area contributed by atoms with Crippen LogP contribution in [0.2, 0.25) is 0 Å². The van der Waals surface area contributed by atoms with E-state index >= 15 is 0 Å². The third kappa shape index (κ3) is 3.89. The van der Waals surface area contributed by atoms with Gasteiger partial charge in [0.05, 0.1) is 6.04 Å². The molecule has 3 rings (SSSR count). The standard InChI is InChI=1S/C19H26N4OS/c1-12-10-14(17-21-13(2)11-25-17)22-16(20-12)15-8-6-7-9-23(15)18(24)19(3,4)5/h10-11,15H,6-9H2,1-5H3. The monoisotopic (exact) mass is 358 g/mol. The third-order valence-electron chi connectivity index (χ3n) is 4.41. The zero-order valence-electron chi connectivity index (χ0n) is 15.7. The van der Waals surface area contributed by atoms with E-state index in [1.807, 2.05) is 51.0 Å². The van der Waals surface area contributed by atoms with Gasteiger partial charge >= 0.3 is 0 Å². The van der Waals surface area contributed by atoms with Crippen LogP contribution in [0.15, 0.2) is 11.4 Å². The zero-order chi connectivity index (χ0) is 18.2. The lowest BCUT2D eigenvalue weighted by Crippen LogP contribution is -2.44. The summed E-state index contributed by atoms with van der Waals surface area (Å²) in [5, 5.41) is 2.94. The van der Waals surface area contributed by atoms with Gasteiger partial charge in [-0.15, -0.1) is 11.3 Å². The van der Waals surface area contributed by atoms with Gasteiger partial charge < -0.3 is 4.90 Å². The summed E-state index contributed by atoms with van der Waals surface area (Å²) in [7, 11) is 0. The number of hydrogen-bond donors (Lipinski definition) is 0. The summed E-state index contributed by atoms with van der Waals surface area (Å²) >= 11 is 1.60. The van der Waals surface area contributed by atoms with Gasteiger partial charge in [-0.3, -0.25) is 4.79 Å². The molecule has 5 nitrogen and oxygen atoms in total. The number of amides is 1. The summed E-state index contributed by atoms with van der Waals surface area (Å²) in [5.74, 6) is 0.925. The molecule has 3 heterocycles. The van der Waals surface area contributed by atoms with Crippen LogP contribution in [0, 0.1) is 19.3 Å². The Morgan fingerprint density at radius 3 is 2.56 bits per heavy atom. The number of likely N-dealkylation sites (tertiary alicyclic amines) is 1. The zero-order valence-corrected chi connectivity index (χ0v) is 16.5. The predicted octanol–water partition coefficient (Wildman–Crippen LogP) is 4.32. The number of carbonyl (C=O) groups excluding carboxylic acids is 1. The number of piperidine rings is 1. The molecule has 2 aromatic heterocycles. The van der Waals surface area contributed by atoms with Crippen molar-refractivity contribution in [2.24, 2.45) is 5.41 Å². The lowest BCUT2D eigenvalue weighted by atomic mass is 9.91. The van der Waals surface area contributed by atoms with Crippen molar-refractivity contribution in [1.82, 2.24) is 19.9 Å². The Balaban J connectivity index is 1.98. The Hall–Kier alpha value is -1.82. The van der Waals surface area contributed by atoms with Crippen molar-refractivity contribution in [1.29, 1.82) is 0 Å². The first kappa shape index (κ1) is 18.0. The minimum absolute atomic E-state index is 0.0415. The average Bonchev–Trinajstić information content (AvgIpc) is 2.99. The molecule has 1 aliphatic rings. The van der Waals surface area contributed by atoms with Crippen LogP contribution in [0.4, 0.5) is 0 Å². The fraction of sp³-hybridized carbons (Fsp3) is 0.579. The van der Waals surface area contributed by atoms with Gasteiger partial charge in [0.2, 0.25) is 5.91 Å². The molecule has 0 bridgehead atoms. The van der Waals surface area contributed by atoms with Crippen LogP contribution >= 0.6 is 11.3 Å². The first-order chi connectivity index (χ1) is 11.8. The molecule has 0 spiro atoms. The van der Waals surface area contributed by atoms with Gasteiger partial charge in [0.15, 0.2) is 5.82 Å². The molecule has 0 radical (unpaired) electrons. The second-order valence-electron chi connectivity index (χ2n) is 7.81. The maximum atomic E-state index is 12.9. The van der Waals surface area contributed by atoms with Gasteiger partial charge in [0, 0.05) is 28.7 Å². The van der Waals surface area contributed by atoms with E-state index in [2.05, 4.69) is 9.97 Å². The molecule has 1 fully saturated rings. The number of thiazole rings is 1. The molecule has 0 N–H and O–H groups in total. The lowest BCUT2D eigenvalue weighted by Gasteiger charge is -2.38. The number of hydrogen-bond acceptors (Lipinski definition) is 5. The van der Waals surface area contributed by atoms with Crippen molar-refractivity contribution in [3.8, 4) is 10.7 Å². The molecule has 0 aliphatic carbocycles. The van der Waals surface area contributed by atoms with Crippen LogP contribution in [0.5, 0.6) is 0 Å². The maximum Gasteiger partial charge on any atom is 0.228 e. The smallest absolute Gasteiger partial charge is 0.228 e.